The molecule has 56 valence electrons. The summed E-state index contributed by atoms with van der Waals surface area (Å²) in [6.07, 6.45) is 1.80. The van der Waals surface area contributed by atoms with Crippen LogP contribution in [0.15, 0.2) is 18.3 Å². The highest BCUT2D eigenvalue weighted by molar-refractivity contribution is 14.1. The maximum Gasteiger partial charge on any atom is 0.213 e. The van der Waals surface area contributed by atoms with Gasteiger partial charge in [-0.25, -0.2) is 4.98 Å². The van der Waals surface area contributed by atoms with Crippen LogP contribution in [0.5, 0.6) is 0 Å². The monoisotopic (exact) mass is 262 g/mol. The quantitative estimate of drug-likeness (QED) is 0.572. The minimum atomic E-state index is -0.435. The second kappa shape index (κ2) is 2.44. The number of nitrogens with one attached hydrogen (secondary N) is 1. The minimum absolute atomic E-state index is 0.435. The van der Waals surface area contributed by atoms with Crippen LogP contribution in [-0.2, 0) is 0 Å². The molecule has 2 aromatic rings. The van der Waals surface area contributed by atoms with E-state index in [4.69, 9.17) is 0 Å². The van der Waals surface area contributed by atoms with Crippen LogP contribution in [0.3, 0.4) is 0 Å². The van der Waals surface area contributed by atoms with Crippen LogP contribution in [-0.4, -0.2) is 9.97 Å². The summed E-state index contributed by atoms with van der Waals surface area (Å²) >= 11 is 2.11. The number of halogens is 2. The van der Waals surface area contributed by atoms with Crippen molar-refractivity contribution in [3.63, 3.8) is 0 Å². The van der Waals surface area contributed by atoms with Crippen LogP contribution in [0.1, 0.15) is 0 Å². The minimum Gasteiger partial charge on any atom is -0.359 e. The Labute approximate surface area is 76.0 Å². The predicted molar refractivity (Wildman–Crippen MR) is 48.8 cm³/mol. The maximum absolute atomic E-state index is 12.6. The lowest BCUT2D eigenvalue weighted by molar-refractivity contribution is 0.589. The van der Waals surface area contributed by atoms with E-state index in [9.17, 15) is 4.39 Å². The van der Waals surface area contributed by atoms with Crippen molar-refractivity contribution >= 4 is 33.6 Å². The highest BCUT2D eigenvalue weighted by atomic mass is 127. The van der Waals surface area contributed by atoms with Gasteiger partial charge in [0.05, 0.1) is 9.09 Å². The van der Waals surface area contributed by atoms with Gasteiger partial charge in [0.1, 0.15) is 5.52 Å². The van der Waals surface area contributed by atoms with Crippen molar-refractivity contribution in [2.45, 2.75) is 0 Å². The van der Waals surface area contributed by atoms with Gasteiger partial charge in [0, 0.05) is 6.20 Å². The van der Waals surface area contributed by atoms with Crippen molar-refractivity contribution in [1.29, 1.82) is 0 Å². The van der Waals surface area contributed by atoms with E-state index in [2.05, 4.69) is 32.6 Å². The molecule has 2 aromatic heterocycles. The third kappa shape index (κ3) is 1.11. The number of fused-ring (bicyclic) bond motifs is 1. The normalized spacial score (nSPS) is 10.7. The largest absolute Gasteiger partial charge is 0.359 e. The Morgan fingerprint density at radius 3 is 3.09 bits per heavy atom. The van der Waals surface area contributed by atoms with E-state index < -0.39 is 5.95 Å². The Hall–Kier alpha value is -0.650. The summed E-state index contributed by atoms with van der Waals surface area (Å²) in [7, 11) is 0. The lowest BCUT2D eigenvalue weighted by Gasteiger charge is -1.88. The lowest BCUT2D eigenvalue weighted by atomic mass is 10.4. The zero-order chi connectivity index (χ0) is 7.84. The Morgan fingerprint density at radius 2 is 2.27 bits per heavy atom. The summed E-state index contributed by atoms with van der Waals surface area (Å²) in [5.41, 5.74) is 1.57. The molecule has 0 radical (unpaired) electrons. The van der Waals surface area contributed by atoms with Crippen molar-refractivity contribution in [3.05, 3.63) is 27.8 Å². The van der Waals surface area contributed by atoms with Crippen molar-refractivity contribution in [1.82, 2.24) is 9.97 Å². The van der Waals surface area contributed by atoms with E-state index in [0.29, 0.717) is 5.52 Å². The van der Waals surface area contributed by atoms with Gasteiger partial charge in [-0.3, -0.25) is 0 Å². The summed E-state index contributed by atoms with van der Waals surface area (Å²) in [5, 5.41) is 0. The van der Waals surface area contributed by atoms with Crippen molar-refractivity contribution in [2.75, 3.05) is 0 Å². The molecular formula is C7H4FIN2. The maximum atomic E-state index is 12.6. The molecule has 2 rings (SSSR count). The number of H-pyrrole nitrogens is 1. The van der Waals surface area contributed by atoms with Crippen molar-refractivity contribution in [3.8, 4) is 0 Å². The number of aromatic amines is 1. The molecule has 0 amide bonds. The van der Waals surface area contributed by atoms with Crippen molar-refractivity contribution < 1.29 is 4.39 Å². The molecule has 0 fully saturated rings. The number of pyridine rings is 1. The first-order valence-corrected chi connectivity index (χ1v) is 4.14. The van der Waals surface area contributed by atoms with Gasteiger partial charge in [0.2, 0.25) is 5.95 Å². The molecule has 0 saturated carbocycles. The molecule has 0 unspecified atom stereocenters. The second-order valence-electron chi connectivity index (χ2n) is 2.17. The van der Waals surface area contributed by atoms with E-state index >= 15 is 0 Å². The van der Waals surface area contributed by atoms with Gasteiger partial charge in [-0.15, -0.1) is 0 Å². The van der Waals surface area contributed by atoms with E-state index in [1.807, 2.05) is 0 Å². The lowest BCUT2D eigenvalue weighted by Crippen LogP contribution is -1.81. The third-order valence-electron chi connectivity index (χ3n) is 1.44. The first kappa shape index (κ1) is 7.02. The van der Waals surface area contributed by atoms with Gasteiger partial charge < -0.3 is 4.98 Å². The van der Waals surface area contributed by atoms with Crippen LogP contribution in [0.4, 0.5) is 4.39 Å². The first-order chi connectivity index (χ1) is 5.27. The number of hydrogen-bond acceptors (Lipinski definition) is 1. The van der Waals surface area contributed by atoms with Gasteiger partial charge in [0.25, 0.3) is 0 Å². The molecule has 0 aliphatic carbocycles. The zero-order valence-corrected chi connectivity index (χ0v) is 7.59. The zero-order valence-electron chi connectivity index (χ0n) is 5.44. The van der Waals surface area contributed by atoms with E-state index in [0.717, 1.165) is 9.09 Å². The molecule has 0 atom stereocenters. The Bertz CT molecular complexity index is 396. The molecule has 11 heavy (non-hydrogen) atoms. The van der Waals surface area contributed by atoms with Crippen LogP contribution in [0.2, 0.25) is 0 Å². The standard InChI is InChI=1S/C7H4FIN2/c8-6-2-1-5-7(11-6)4(9)3-10-5/h1-3,10H. The van der Waals surface area contributed by atoms with Gasteiger partial charge in [0.15, 0.2) is 0 Å². The third-order valence-corrected chi connectivity index (χ3v) is 2.26. The average molecular weight is 262 g/mol. The Morgan fingerprint density at radius 1 is 1.45 bits per heavy atom. The fourth-order valence-corrected chi connectivity index (χ4v) is 1.51. The molecule has 0 aliphatic rings. The molecule has 1 N–H and O–H groups in total. The molecule has 0 aliphatic heterocycles. The Kier molecular flexibility index (Phi) is 1.56. The molecular weight excluding hydrogens is 258 g/mol. The Balaban J connectivity index is 2.87. The molecule has 0 bridgehead atoms. The van der Waals surface area contributed by atoms with E-state index in [-0.39, 0.29) is 0 Å². The summed E-state index contributed by atoms with van der Waals surface area (Å²) in [6, 6.07) is 3.02. The van der Waals surface area contributed by atoms with E-state index in [1.54, 1.807) is 12.3 Å². The van der Waals surface area contributed by atoms with Crippen LogP contribution < -0.4 is 0 Å². The molecule has 0 aromatic carbocycles. The number of nitrogens with zero attached hydrogens (tertiary/aromatic N) is 1. The topological polar surface area (TPSA) is 28.7 Å². The van der Waals surface area contributed by atoms with Gasteiger partial charge >= 0.3 is 0 Å². The fourth-order valence-electron chi connectivity index (χ4n) is 0.943. The summed E-state index contributed by atoms with van der Waals surface area (Å²) in [4.78, 5) is 6.71. The predicted octanol–water partition coefficient (Wildman–Crippen LogP) is 2.31. The smallest absolute Gasteiger partial charge is 0.213 e. The molecule has 4 heteroatoms. The first-order valence-electron chi connectivity index (χ1n) is 3.06. The summed E-state index contributed by atoms with van der Waals surface area (Å²) < 4.78 is 13.5. The highest BCUT2D eigenvalue weighted by Crippen LogP contribution is 2.17. The van der Waals surface area contributed by atoms with Crippen LogP contribution in [0, 0.1) is 9.52 Å². The van der Waals surface area contributed by atoms with Crippen LogP contribution in [0.25, 0.3) is 11.0 Å². The molecule has 2 heterocycles. The average Bonchev–Trinajstić information content (AvgIpc) is 2.33. The number of hydrogen-bond donors (Lipinski definition) is 1. The van der Waals surface area contributed by atoms with E-state index in [1.165, 1.54) is 6.07 Å². The van der Waals surface area contributed by atoms with Gasteiger partial charge in [-0.2, -0.15) is 4.39 Å². The number of aromatic nitrogens is 2. The molecule has 0 saturated heterocycles. The van der Waals surface area contributed by atoms with Crippen LogP contribution >= 0.6 is 22.6 Å². The van der Waals surface area contributed by atoms with Crippen molar-refractivity contribution in [2.24, 2.45) is 0 Å². The summed E-state index contributed by atoms with van der Waals surface area (Å²) in [6.45, 7) is 0. The second-order valence-corrected chi connectivity index (χ2v) is 3.33. The van der Waals surface area contributed by atoms with Gasteiger partial charge in [-0.1, -0.05) is 0 Å². The summed E-state index contributed by atoms with van der Waals surface area (Å²) in [5.74, 6) is -0.435. The number of rotatable bonds is 0. The SMILES string of the molecule is Fc1ccc2[nH]cc(I)c2n1. The molecule has 0 spiro atoms. The molecule has 2 nitrogen and oxygen atoms in total. The fraction of sp³-hybridized carbons (Fsp3) is 0. The van der Waals surface area contributed by atoms with Gasteiger partial charge in [-0.05, 0) is 34.7 Å². The highest BCUT2D eigenvalue weighted by Gasteiger charge is 2.01.